The van der Waals surface area contributed by atoms with Crippen LogP contribution in [0.1, 0.15) is 53.4 Å². The SMILES string of the molecule is CCCCN(CCCC)C(C)C(C)=O. The third-order valence-corrected chi connectivity index (χ3v) is 2.73. The quantitative estimate of drug-likeness (QED) is 0.599. The summed E-state index contributed by atoms with van der Waals surface area (Å²) in [4.78, 5) is 13.6. The monoisotopic (exact) mass is 199 g/mol. The standard InChI is InChI=1S/C12H25NO/c1-5-7-9-13(10-8-6-2)11(3)12(4)14/h11H,5-10H2,1-4H3. The van der Waals surface area contributed by atoms with Gasteiger partial charge < -0.3 is 0 Å². The smallest absolute Gasteiger partial charge is 0.146 e. The largest absolute Gasteiger partial charge is 0.298 e. The van der Waals surface area contributed by atoms with E-state index in [1.807, 2.05) is 6.92 Å². The van der Waals surface area contributed by atoms with Crippen molar-refractivity contribution in [1.29, 1.82) is 0 Å². The number of carbonyl (C=O) groups is 1. The van der Waals surface area contributed by atoms with Crippen molar-refractivity contribution in [3.63, 3.8) is 0 Å². The van der Waals surface area contributed by atoms with Gasteiger partial charge in [0.05, 0.1) is 6.04 Å². The van der Waals surface area contributed by atoms with Gasteiger partial charge >= 0.3 is 0 Å². The van der Waals surface area contributed by atoms with E-state index in [1.165, 1.54) is 25.7 Å². The fourth-order valence-corrected chi connectivity index (χ4v) is 1.48. The molecule has 0 saturated heterocycles. The van der Waals surface area contributed by atoms with Gasteiger partial charge in [0, 0.05) is 0 Å². The highest BCUT2D eigenvalue weighted by atomic mass is 16.1. The van der Waals surface area contributed by atoms with Crippen molar-refractivity contribution in [3.05, 3.63) is 0 Å². The average Bonchev–Trinajstić information content (AvgIpc) is 2.17. The summed E-state index contributed by atoms with van der Waals surface area (Å²) in [5, 5.41) is 0. The molecule has 0 aromatic heterocycles. The first kappa shape index (κ1) is 13.6. The van der Waals surface area contributed by atoms with E-state index in [4.69, 9.17) is 0 Å². The van der Waals surface area contributed by atoms with Crippen LogP contribution >= 0.6 is 0 Å². The summed E-state index contributed by atoms with van der Waals surface area (Å²) in [7, 11) is 0. The van der Waals surface area contributed by atoms with Crippen molar-refractivity contribution in [2.24, 2.45) is 0 Å². The van der Waals surface area contributed by atoms with E-state index < -0.39 is 0 Å². The van der Waals surface area contributed by atoms with Crippen LogP contribution in [0, 0.1) is 0 Å². The van der Waals surface area contributed by atoms with Gasteiger partial charge in [-0.05, 0) is 39.8 Å². The van der Waals surface area contributed by atoms with Gasteiger partial charge in [0.15, 0.2) is 0 Å². The zero-order valence-electron chi connectivity index (χ0n) is 10.2. The number of hydrogen-bond acceptors (Lipinski definition) is 2. The first-order valence-corrected chi connectivity index (χ1v) is 5.88. The van der Waals surface area contributed by atoms with Crippen LogP contribution in [0.3, 0.4) is 0 Å². The Hall–Kier alpha value is -0.370. The molecule has 14 heavy (non-hydrogen) atoms. The summed E-state index contributed by atoms with van der Waals surface area (Å²) in [5.41, 5.74) is 0. The molecule has 2 heteroatoms. The van der Waals surface area contributed by atoms with Crippen LogP contribution in [0.15, 0.2) is 0 Å². The molecule has 0 rings (SSSR count). The Morgan fingerprint density at radius 1 is 1.14 bits per heavy atom. The molecular formula is C12H25NO. The minimum absolute atomic E-state index is 0.105. The zero-order valence-corrected chi connectivity index (χ0v) is 10.2. The third kappa shape index (κ3) is 5.38. The molecule has 0 heterocycles. The molecule has 0 spiro atoms. The molecule has 84 valence electrons. The highest BCUT2D eigenvalue weighted by Crippen LogP contribution is 2.05. The Kier molecular flexibility index (Phi) is 7.77. The molecule has 0 fully saturated rings. The molecule has 0 aliphatic heterocycles. The maximum atomic E-state index is 11.3. The minimum atomic E-state index is 0.105. The van der Waals surface area contributed by atoms with Gasteiger partial charge in [0.2, 0.25) is 0 Å². The summed E-state index contributed by atoms with van der Waals surface area (Å²) in [6, 6.07) is 0.105. The van der Waals surface area contributed by atoms with Crippen molar-refractivity contribution in [3.8, 4) is 0 Å². The van der Waals surface area contributed by atoms with Crippen LogP contribution in [0.5, 0.6) is 0 Å². The normalized spacial score (nSPS) is 13.2. The van der Waals surface area contributed by atoms with Gasteiger partial charge in [-0.3, -0.25) is 9.69 Å². The molecule has 0 amide bonds. The van der Waals surface area contributed by atoms with E-state index in [-0.39, 0.29) is 11.8 Å². The van der Waals surface area contributed by atoms with Crippen LogP contribution < -0.4 is 0 Å². The molecule has 0 aromatic carbocycles. The molecule has 2 nitrogen and oxygen atoms in total. The Balaban J connectivity index is 4.01. The molecule has 0 bridgehead atoms. The van der Waals surface area contributed by atoms with Crippen LogP contribution in [0.4, 0.5) is 0 Å². The highest BCUT2D eigenvalue weighted by Gasteiger charge is 2.16. The second kappa shape index (κ2) is 7.98. The van der Waals surface area contributed by atoms with Gasteiger partial charge in [-0.1, -0.05) is 26.7 Å². The molecule has 0 radical (unpaired) electrons. The van der Waals surface area contributed by atoms with E-state index in [1.54, 1.807) is 6.92 Å². The topological polar surface area (TPSA) is 20.3 Å². The van der Waals surface area contributed by atoms with E-state index in [9.17, 15) is 4.79 Å². The second-order valence-electron chi connectivity index (χ2n) is 4.03. The van der Waals surface area contributed by atoms with Crippen molar-refractivity contribution in [2.45, 2.75) is 59.4 Å². The van der Waals surface area contributed by atoms with Gasteiger partial charge in [0.1, 0.15) is 5.78 Å². The average molecular weight is 199 g/mol. The number of nitrogens with zero attached hydrogens (tertiary/aromatic N) is 1. The first-order valence-electron chi connectivity index (χ1n) is 5.88. The molecule has 1 unspecified atom stereocenters. The number of hydrogen-bond donors (Lipinski definition) is 0. The van der Waals surface area contributed by atoms with Gasteiger partial charge in [0.25, 0.3) is 0 Å². The van der Waals surface area contributed by atoms with Crippen LogP contribution in [-0.4, -0.2) is 29.8 Å². The lowest BCUT2D eigenvalue weighted by Crippen LogP contribution is -2.39. The summed E-state index contributed by atoms with van der Waals surface area (Å²) < 4.78 is 0. The van der Waals surface area contributed by atoms with Crippen molar-refractivity contribution < 1.29 is 4.79 Å². The molecule has 0 aliphatic carbocycles. The van der Waals surface area contributed by atoms with Crippen LogP contribution in [0.25, 0.3) is 0 Å². The Morgan fingerprint density at radius 2 is 1.57 bits per heavy atom. The second-order valence-corrected chi connectivity index (χ2v) is 4.03. The first-order chi connectivity index (χ1) is 6.63. The molecular weight excluding hydrogens is 174 g/mol. The molecule has 1 atom stereocenters. The van der Waals surface area contributed by atoms with Crippen molar-refractivity contribution >= 4 is 5.78 Å². The fraction of sp³-hybridized carbons (Fsp3) is 0.917. The fourth-order valence-electron chi connectivity index (χ4n) is 1.48. The lowest BCUT2D eigenvalue weighted by molar-refractivity contribution is -0.121. The lowest BCUT2D eigenvalue weighted by atomic mass is 10.1. The zero-order chi connectivity index (χ0) is 11.0. The maximum Gasteiger partial charge on any atom is 0.146 e. The highest BCUT2D eigenvalue weighted by molar-refractivity contribution is 5.80. The maximum absolute atomic E-state index is 11.3. The molecule has 0 N–H and O–H groups in total. The lowest BCUT2D eigenvalue weighted by Gasteiger charge is -2.27. The molecule has 0 aromatic rings. The molecule has 0 aliphatic rings. The summed E-state index contributed by atoms with van der Waals surface area (Å²) >= 11 is 0. The summed E-state index contributed by atoms with van der Waals surface area (Å²) in [6.07, 6.45) is 4.79. The number of rotatable bonds is 8. The van der Waals surface area contributed by atoms with Gasteiger partial charge in [-0.25, -0.2) is 0 Å². The number of Topliss-reactive ketones (excluding diaryl/α,β-unsaturated/α-hetero) is 1. The number of unbranched alkanes of at least 4 members (excludes halogenated alkanes) is 2. The van der Waals surface area contributed by atoms with E-state index in [0.29, 0.717) is 0 Å². The van der Waals surface area contributed by atoms with E-state index in [2.05, 4.69) is 18.7 Å². The molecule has 0 saturated carbocycles. The predicted molar refractivity (Wildman–Crippen MR) is 61.5 cm³/mol. The number of ketones is 1. The summed E-state index contributed by atoms with van der Waals surface area (Å²) in [5.74, 6) is 0.289. The van der Waals surface area contributed by atoms with Crippen molar-refractivity contribution in [2.75, 3.05) is 13.1 Å². The third-order valence-electron chi connectivity index (χ3n) is 2.73. The Bertz CT molecular complexity index is 148. The Labute approximate surface area is 88.7 Å². The number of carbonyl (C=O) groups excluding carboxylic acids is 1. The minimum Gasteiger partial charge on any atom is -0.298 e. The van der Waals surface area contributed by atoms with Crippen molar-refractivity contribution in [1.82, 2.24) is 4.90 Å². The van der Waals surface area contributed by atoms with E-state index >= 15 is 0 Å². The van der Waals surface area contributed by atoms with Gasteiger partial charge in [-0.15, -0.1) is 0 Å². The summed E-state index contributed by atoms with van der Waals surface area (Å²) in [6.45, 7) is 10.2. The Morgan fingerprint density at radius 3 is 1.86 bits per heavy atom. The van der Waals surface area contributed by atoms with E-state index in [0.717, 1.165) is 13.1 Å². The van der Waals surface area contributed by atoms with Crippen LogP contribution in [-0.2, 0) is 4.79 Å². The van der Waals surface area contributed by atoms with Gasteiger partial charge in [-0.2, -0.15) is 0 Å². The van der Waals surface area contributed by atoms with Crippen LogP contribution in [0.2, 0.25) is 0 Å². The predicted octanol–water partition coefficient (Wildman–Crippen LogP) is 2.87.